The number of fused-ring (bicyclic) bond motifs is 3. The van der Waals surface area contributed by atoms with Crippen molar-refractivity contribution < 1.29 is 9.53 Å². The van der Waals surface area contributed by atoms with E-state index < -0.39 is 0 Å². The standard InChI is InChI=1S/C21H21N3O2S/c1-14(25)24-13-16-10-17(24)12-23(16)11-15-5-4-6-18(9-15)26-21-22-19-7-2-3-8-20(19)27-21/h2-9,16-17H,10-13H2,1H3/t16-,17-/m0/s1. The summed E-state index contributed by atoms with van der Waals surface area (Å²) >= 11 is 1.56. The zero-order valence-electron chi connectivity index (χ0n) is 15.2. The Morgan fingerprint density at radius 2 is 2.07 bits per heavy atom. The van der Waals surface area contributed by atoms with Crippen LogP contribution in [0.4, 0.5) is 0 Å². The highest BCUT2D eigenvalue weighted by atomic mass is 32.1. The fraction of sp³-hybridized carbons (Fsp3) is 0.333. The molecule has 2 atom stereocenters. The Bertz CT molecular complexity index is 969. The van der Waals surface area contributed by atoms with Gasteiger partial charge in [0.25, 0.3) is 5.19 Å². The number of hydrogen-bond acceptors (Lipinski definition) is 5. The van der Waals surface area contributed by atoms with Crippen molar-refractivity contribution in [2.24, 2.45) is 0 Å². The maximum atomic E-state index is 11.7. The number of piperazine rings is 1. The summed E-state index contributed by atoms with van der Waals surface area (Å²) in [5.41, 5.74) is 2.20. The van der Waals surface area contributed by atoms with Crippen LogP contribution in [-0.4, -0.2) is 45.9 Å². The second-order valence-corrected chi connectivity index (χ2v) is 8.33. The third-order valence-electron chi connectivity index (χ3n) is 5.52. The fourth-order valence-corrected chi connectivity index (χ4v) is 5.10. The van der Waals surface area contributed by atoms with Gasteiger partial charge in [0.15, 0.2) is 0 Å². The van der Waals surface area contributed by atoms with Gasteiger partial charge >= 0.3 is 0 Å². The summed E-state index contributed by atoms with van der Waals surface area (Å²) in [4.78, 5) is 20.7. The number of amides is 1. The third-order valence-corrected chi connectivity index (χ3v) is 6.44. The van der Waals surface area contributed by atoms with E-state index in [-0.39, 0.29) is 5.91 Å². The van der Waals surface area contributed by atoms with Gasteiger partial charge in [0.2, 0.25) is 5.91 Å². The van der Waals surface area contributed by atoms with Gasteiger partial charge in [-0.05, 0) is 36.2 Å². The van der Waals surface area contributed by atoms with Gasteiger partial charge in [0.1, 0.15) is 5.75 Å². The third kappa shape index (κ3) is 3.19. The predicted octanol–water partition coefficient (Wildman–Crippen LogP) is 3.89. The maximum Gasteiger partial charge on any atom is 0.279 e. The number of hydrogen-bond donors (Lipinski definition) is 0. The van der Waals surface area contributed by atoms with Crippen molar-refractivity contribution in [2.45, 2.75) is 32.0 Å². The number of para-hydroxylation sites is 1. The zero-order chi connectivity index (χ0) is 18.4. The van der Waals surface area contributed by atoms with Crippen LogP contribution < -0.4 is 4.74 Å². The highest BCUT2D eigenvalue weighted by Crippen LogP contribution is 2.34. The van der Waals surface area contributed by atoms with Crippen LogP contribution in [0, 0.1) is 0 Å². The monoisotopic (exact) mass is 379 g/mol. The van der Waals surface area contributed by atoms with Gasteiger partial charge in [0, 0.05) is 38.6 Å². The smallest absolute Gasteiger partial charge is 0.279 e. The summed E-state index contributed by atoms with van der Waals surface area (Å²) in [5.74, 6) is 1.02. The quantitative estimate of drug-likeness (QED) is 0.690. The lowest BCUT2D eigenvalue weighted by Crippen LogP contribution is -2.47. The molecule has 6 heteroatoms. The number of ether oxygens (including phenoxy) is 1. The molecule has 27 heavy (non-hydrogen) atoms. The van der Waals surface area contributed by atoms with Crippen LogP contribution >= 0.6 is 11.3 Å². The summed E-state index contributed by atoms with van der Waals surface area (Å²) < 4.78 is 7.15. The van der Waals surface area contributed by atoms with Crippen LogP contribution in [0.15, 0.2) is 48.5 Å². The lowest BCUT2D eigenvalue weighted by molar-refractivity contribution is -0.131. The Kier molecular flexibility index (Phi) is 4.10. The molecule has 3 aromatic rings. The molecule has 2 aliphatic rings. The second kappa shape index (κ2) is 6.62. The fourth-order valence-electron chi connectivity index (χ4n) is 4.27. The van der Waals surface area contributed by atoms with E-state index in [0.717, 1.165) is 42.0 Å². The Morgan fingerprint density at radius 1 is 1.19 bits per heavy atom. The van der Waals surface area contributed by atoms with Crippen LogP contribution in [0.2, 0.25) is 0 Å². The van der Waals surface area contributed by atoms with E-state index in [0.29, 0.717) is 17.3 Å². The molecule has 5 nitrogen and oxygen atoms in total. The highest BCUT2D eigenvalue weighted by Gasteiger charge is 2.43. The minimum atomic E-state index is 0.202. The molecule has 2 bridgehead atoms. The van der Waals surface area contributed by atoms with Crippen molar-refractivity contribution in [3.8, 4) is 10.9 Å². The lowest BCUT2D eigenvalue weighted by Gasteiger charge is -2.33. The van der Waals surface area contributed by atoms with Gasteiger partial charge in [-0.1, -0.05) is 35.6 Å². The first kappa shape index (κ1) is 16.7. The van der Waals surface area contributed by atoms with Gasteiger partial charge in [-0.3, -0.25) is 9.69 Å². The van der Waals surface area contributed by atoms with Crippen LogP contribution in [0.5, 0.6) is 10.9 Å². The van der Waals surface area contributed by atoms with Crippen LogP contribution in [0.3, 0.4) is 0 Å². The molecule has 0 unspecified atom stereocenters. The Hall–Kier alpha value is -2.44. The molecule has 0 aliphatic carbocycles. The van der Waals surface area contributed by atoms with Gasteiger partial charge in [-0.2, -0.15) is 0 Å². The van der Waals surface area contributed by atoms with E-state index in [1.807, 2.05) is 35.2 Å². The first-order valence-corrected chi connectivity index (χ1v) is 10.1. The Labute approximate surface area is 162 Å². The molecule has 0 N–H and O–H groups in total. The van der Waals surface area contributed by atoms with Gasteiger partial charge in [0.05, 0.1) is 10.2 Å². The molecule has 0 radical (unpaired) electrons. The molecule has 2 aromatic carbocycles. The van der Waals surface area contributed by atoms with Gasteiger partial charge in [-0.15, -0.1) is 0 Å². The topological polar surface area (TPSA) is 45.7 Å². The molecule has 3 heterocycles. The average Bonchev–Trinajstić information content (AvgIpc) is 3.34. The minimum Gasteiger partial charge on any atom is -0.431 e. The van der Waals surface area contributed by atoms with Crippen molar-refractivity contribution in [2.75, 3.05) is 13.1 Å². The highest BCUT2D eigenvalue weighted by molar-refractivity contribution is 7.20. The summed E-state index contributed by atoms with van der Waals surface area (Å²) in [7, 11) is 0. The first-order valence-electron chi connectivity index (χ1n) is 9.29. The van der Waals surface area contributed by atoms with Crippen LogP contribution in [0.25, 0.3) is 10.2 Å². The molecule has 0 saturated carbocycles. The first-order chi connectivity index (χ1) is 13.2. The molecule has 1 aromatic heterocycles. The number of thiazole rings is 1. The molecule has 0 spiro atoms. The van der Waals surface area contributed by atoms with E-state index in [1.165, 1.54) is 5.56 Å². The Morgan fingerprint density at radius 3 is 2.85 bits per heavy atom. The molecular weight excluding hydrogens is 358 g/mol. The van der Waals surface area contributed by atoms with E-state index in [9.17, 15) is 4.79 Å². The Balaban J connectivity index is 1.28. The molecule has 2 fully saturated rings. The summed E-state index contributed by atoms with van der Waals surface area (Å²) in [6.45, 7) is 4.40. The van der Waals surface area contributed by atoms with E-state index in [2.05, 4.69) is 28.1 Å². The van der Waals surface area contributed by atoms with E-state index >= 15 is 0 Å². The molecular formula is C21H21N3O2S. The van der Waals surface area contributed by atoms with Crippen molar-refractivity contribution >= 4 is 27.5 Å². The zero-order valence-corrected chi connectivity index (χ0v) is 16.0. The van der Waals surface area contributed by atoms with E-state index in [4.69, 9.17) is 4.74 Å². The minimum absolute atomic E-state index is 0.202. The second-order valence-electron chi connectivity index (χ2n) is 7.34. The summed E-state index contributed by atoms with van der Waals surface area (Å²) in [6, 6.07) is 17.2. The van der Waals surface area contributed by atoms with Gasteiger partial charge < -0.3 is 9.64 Å². The van der Waals surface area contributed by atoms with Crippen LogP contribution in [-0.2, 0) is 11.3 Å². The van der Waals surface area contributed by atoms with Gasteiger partial charge in [-0.25, -0.2) is 4.98 Å². The molecule has 1 amide bonds. The molecule has 2 aliphatic heterocycles. The van der Waals surface area contributed by atoms with E-state index in [1.54, 1.807) is 18.3 Å². The van der Waals surface area contributed by atoms with Crippen molar-refractivity contribution in [3.63, 3.8) is 0 Å². The molecule has 2 saturated heterocycles. The SMILES string of the molecule is CC(=O)N1C[C@@H]2C[C@H]1CN2Cc1cccc(Oc2nc3ccccc3s2)c1. The summed E-state index contributed by atoms with van der Waals surface area (Å²) in [5, 5.41) is 0.672. The largest absolute Gasteiger partial charge is 0.431 e. The number of carbonyl (C=O) groups excluding carboxylic acids is 1. The molecule has 5 rings (SSSR count). The number of nitrogens with zero attached hydrogens (tertiary/aromatic N) is 3. The van der Waals surface area contributed by atoms with Crippen molar-refractivity contribution in [3.05, 3.63) is 54.1 Å². The normalized spacial score (nSPS) is 21.9. The number of carbonyl (C=O) groups is 1. The van der Waals surface area contributed by atoms with Crippen molar-refractivity contribution in [1.82, 2.24) is 14.8 Å². The summed E-state index contributed by atoms with van der Waals surface area (Å²) in [6.07, 6.45) is 1.10. The lowest BCUT2D eigenvalue weighted by atomic mass is 10.2. The average molecular weight is 379 g/mol. The number of rotatable bonds is 4. The predicted molar refractivity (Wildman–Crippen MR) is 106 cm³/mol. The van der Waals surface area contributed by atoms with Crippen molar-refractivity contribution in [1.29, 1.82) is 0 Å². The number of aromatic nitrogens is 1. The number of benzene rings is 2. The number of likely N-dealkylation sites (tertiary alicyclic amines) is 2. The molecule has 138 valence electrons. The maximum absolute atomic E-state index is 11.7. The van der Waals surface area contributed by atoms with Crippen LogP contribution in [0.1, 0.15) is 18.9 Å².